The Labute approximate surface area is 109 Å². The van der Waals surface area contributed by atoms with Crippen molar-refractivity contribution in [3.05, 3.63) is 36.5 Å². The lowest BCUT2D eigenvalue weighted by Gasteiger charge is -2.15. The van der Waals surface area contributed by atoms with Crippen LogP contribution < -0.4 is 0 Å². The van der Waals surface area contributed by atoms with E-state index < -0.39 is 6.10 Å². The first kappa shape index (κ1) is 11.8. The van der Waals surface area contributed by atoms with E-state index in [0.717, 1.165) is 0 Å². The molecule has 0 aromatic carbocycles. The third-order valence-corrected chi connectivity index (χ3v) is 3.10. The van der Waals surface area contributed by atoms with Crippen molar-refractivity contribution in [2.24, 2.45) is 0 Å². The maximum atomic E-state index is 12.3. The Hall–Kier alpha value is -2.28. The normalized spacial score (nSPS) is 18.8. The Morgan fingerprint density at radius 3 is 3.05 bits per heavy atom. The molecule has 1 aliphatic heterocycles. The molecule has 3 heterocycles. The molecule has 1 N–H and O–H groups in total. The van der Waals surface area contributed by atoms with Crippen LogP contribution in [0.3, 0.4) is 0 Å². The topological polar surface area (TPSA) is 84.1 Å². The summed E-state index contributed by atoms with van der Waals surface area (Å²) in [7, 11) is 0. The average Bonchev–Trinajstić information content (AvgIpc) is 3.09. The lowest BCUT2D eigenvalue weighted by atomic mass is 10.2. The summed E-state index contributed by atoms with van der Waals surface area (Å²) in [5.41, 5.74) is 0.537. The fourth-order valence-corrected chi connectivity index (χ4v) is 2.11. The number of aliphatic hydroxyl groups is 1. The van der Waals surface area contributed by atoms with Gasteiger partial charge in [0.15, 0.2) is 5.82 Å². The van der Waals surface area contributed by atoms with E-state index in [1.807, 2.05) is 0 Å². The molecule has 19 heavy (non-hydrogen) atoms. The molecule has 2 aromatic heterocycles. The fraction of sp³-hybridized carbons (Fsp3) is 0.333. The van der Waals surface area contributed by atoms with Gasteiger partial charge in [0.2, 0.25) is 0 Å². The molecule has 0 radical (unpaired) electrons. The van der Waals surface area contributed by atoms with E-state index in [-0.39, 0.29) is 5.91 Å². The van der Waals surface area contributed by atoms with Crippen molar-refractivity contribution in [2.45, 2.75) is 12.5 Å². The third kappa shape index (κ3) is 2.32. The number of pyridine rings is 1. The number of β-amino-alcohol motifs (C(OH)–C–C–N with tert-alkyl or cyclic N) is 1. The number of rotatable bonds is 2. The molecule has 0 aliphatic carbocycles. The van der Waals surface area contributed by atoms with Crippen molar-refractivity contribution >= 4 is 5.91 Å². The van der Waals surface area contributed by atoms with Gasteiger partial charge in [-0.25, -0.2) is 14.6 Å². The lowest BCUT2D eigenvalue weighted by Crippen LogP contribution is -2.29. The summed E-state index contributed by atoms with van der Waals surface area (Å²) in [6, 6.07) is 3.33. The number of likely N-dealkylation sites (tertiary alicyclic amines) is 1. The van der Waals surface area contributed by atoms with E-state index in [2.05, 4.69) is 15.1 Å². The van der Waals surface area contributed by atoms with Crippen LogP contribution in [0.4, 0.5) is 0 Å². The van der Waals surface area contributed by atoms with Gasteiger partial charge in [-0.1, -0.05) is 0 Å². The second kappa shape index (κ2) is 4.77. The summed E-state index contributed by atoms with van der Waals surface area (Å²) in [6.45, 7) is 0.973. The molecule has 7 nitrogen and oxygen atoms in total. The molecule has 1 saturated heterocycles. The highest BCUT2D eigenvalue weighted by Gasteiger charge is 2.25. The Morgan fingerprint density at radius 1 is 1.47 bits per heavy atom. The molecule has 1 amide bonds. The van der Waals surface area contributed by atoms with Crippen molar-refractivity contribution < 1.29 is 9.90 Å². The summed E-state index contributed by atoms with van der Waals surface area (Å²) < 4.78 is 1.50. The van der Waals surface area contributed by atoms with Crippen LogP contribution in [0.25, 0.3) is 5.82 Å². The monoisotopic (exact) mass is 259 g/mol. The molecule has 1 fully saturated rings. The van der Waals surface area contributed by atoms with Crippen LogP contribution in [-0.4, -0.2) is 54.9 Å². The van der Waals surface area contributed by atoms with Gasteiger partial charge in [-0.15, -0.1) is 0 Å². The smallest absolute Gasteiger partial charge is 0.254 e. The molecule has 1 aliphatic rings. The lowest BCUT2D eigenvalue weighted by molar-refractivity contribution is 0.0765. The molecule has 2 aromatic rings. The van der Waals surface area contributed by atoms with Gasteiger partial charge in [0.05, 0.1) is 6.10 Å². The van der Waals surface area contributed by atoms with Crippen molar-refractivity contribution in [1.29, 1.82) is 0 Å². The van der Waals surface area contributed by atoms with Crippen molar-refractivity contribution in [3.63, 3.8) is 0 Å². The standard InChI is InChI=1S/C12H13N5O2/c18-10-2-4-16(6-10)12(19)9-1-3-14-11(5-9)17-8-13-7-15-17/h1,3,5,7-8,10,18H,2,4,6H2/t10-/m1/s1. The van der Waals surface area contributed by atoms with E-state index in [1.165, 1.54) is 17.3 Å². The maximum absolute atomic E-state index is 12.3. The van der Waals surface area contributed by atoms with Gasteiger partial charge in [-0.05, 0) is 18.6 Å². The van der Waals surface area contributed by atoms with Gasteiger partial charge in [-0.3, -0.25) is 4.79 Å². The minimum absolute atomic E-state index is 0.0969. The van der Waals surface area contributed by atoms with E-state index in [0.29, 0.717) is 30.9 Å². The number of nitrogens with zero attached hydrogens (tertiary/aromatic N) is 5. The van der Waals surface area contributed by atoms with E-state index in [9.17, 15) is 9.90 Å². The highest BCUT2D eigenvalue weighted by atomic mass is 16.3. The SMILES string of the molecule is O=C(c1ccnc(-n2cncn2)c1)N1CC[C@@H](O)C1. The molecular formula is C12H13N5O2. The van der Waals surface area contributed by atoms with Crippen LogP contribution >= 0.6 is 0 Å². The predicted octanol–water partition coefficient (Wildman–Crippen LogP) is -0.131. The molecule has 3 rings (SSSR count). The van der Waals surface area contributed by atoms with Gasteiger partial charge in [0, 0.05) is 24.8 Å². The third-order valence-electron chi connectivity index (χ3n) is 3.10. The Kier molecular flexibility index (Phi) is 2.96. The number of carbonyl (C=O) groups is 1. The summed E-state index contributed by atoms with van der Waals surface area (Å²) in [5.74, 6) is 0.448. The number of amides is 1. The zero-order valence-corrected chi connectivity index (χ0v) is 10.2. The van der Waals surface area contributed by atoms with Crippen LogP contribution in [0.1, 0.15) is 16.8 Å². The molecule has 0 saturated carbocycles. The highest BCUT2D eigenvalue weighted by Crippen LogP contribution is 2.14. The first-order valence-electron chi connectivity index (χ1n) is 6.02. The Morgan fingerprint density at radius 2 is 2.37 bits per heavy atom. The van der Waals surface area contributed by atoms with Crippen LogP contribution in [0.2, 0.25) is 0 Å². The number of aromatic nitrogens is 4. The molecular weight excluding hydrogens is 246 g/mol. The zero-order chi connectivity index (χ0) is 13.2. The van der Waals surface area contributed by atoms with Crippen LogP contribution in [0, 0.1) is 0 Å². The molecule has 0 spiro atoms. The van der Waals surface area contributed by atoms with Gasteiger partial charge in [0.25, 0.3) is 5.91 Å². The Bertz CT molecular complexity index is 584. The summed E-state index contributed by atoms with van der Waals surface area (Å²) >= 11 is 0. The summed E-state index contributed by atoms with van der Waals surface area (Å²) in [4.78, 5) is 21.9. The van der Waals surface area contributed by atoms with Crippen molar-refractivity contribution in [3.8, 4) is 5.82 Å². The average molecular weight is 259 g/mol. The zero-order valence-electron chi connectivity index (χ0n) is 10.2. The van der Waals surface area contributed by atoms with Crippen molar-refractivity contribution in [1.82, 2.24) is 24.6 Å². The van der Waals surface area contributed by atoms with Crippen LogP contribution in [0.15, 0.2) is 31.0 Å². The first-order valence-corrected chi connectivity index (χ1v) is 6.02. The number of hydrogen-bond donors (Lipinski definition) is 1. The molecule has 7 heteroatoms. The van der Waals surface area contributed by atoms with E-state index >= 15 is 0 Å². The summed E-state index contributed by atoms with van der Waals surface area (Å²) in [5, 5.41) is 13.4. The van der Waals surface area contributed by atoms with E-state index in [1.54, 1.807) is 23.2 Å². The van der Waals surface area contributed by atoms with Crippen molar-refractivity contribution in [2.75, 3.05) is 13.1 Å². The van der Waals surface area contributed by atoms with Gasteiger partial charge >= 0.3 is 0 Å². The molecule has 0 bridgehead atoms. The highest BCUT2D eigenvalue weighted by molar-refractivity contribution is 5.94. The molecule has 98 valence electrons. The molecule has 0 unspecified atom stereocenters. The quantitative estimate of drug-likeness (QED) is 0.812. The largest absolute Gasteiger partial charge is 0.391 e. The van der Waals surface area contributed by atoms with Gasteiger partial charge in [-0.2, -0.15) is 5.10 Å². The fourth-order valence-electron chi connectivity index (χ4n) is 2.11. The first-order chi connectivity index (χ1) is 9.24. The minimum atomic E-state index is -0.416. The Balaban J connectivity index is 1.85. The second-order valence-corrected chi connectivity index (χ2v) is 4.44. The van der Waals surface area contributed by atoms with Gasteiger partial charge < -0.3 is 10.0 Å². The van der Waals surface area contributed by atoms with E-state index in [4.69, 9.17) is 0 Å². The minimum Gasteiger partial charge on any atom is -0.391 e. The van der Waals surface area contributed by atoms with Crippen LogP contribution in [0.5, 0.6) is 0 Å². The summed E-state index contributed by atoms with van der Waals surface area (Å²) in [6.07, 6.45) is 4.72. The van der Waals surface area contributed by atoms with Gasteiger partial charge in [0.1, 0.15) is 12.7 Å². The second-order valence-electron chi connectivity index (χ2n) is 4.44. The number of aliphatic hydroxyl groups excluding tert-OH is 1. The predicted molar refractivity (Wildman–Crippen MR) is 65.7 cm³/mol. The maximum Gasteiger partial charge on any atom is 0.254 e. The van der Waals surface area contributed by atoms with Crippen LogP contribution in [-0.2, 0) is 0 Å². The number of carbonyl (C=O) groups excluding carboxylic acids is 1. The number of hydrogen-bond acceptors (Lipinski definition) is 5. The molecule has 1 atom stereocenters.